The molecule has 0 aromatic heterocycles. The van der Waals surface area contributed by atoms with Gasteiger partial charge in [0.05, 0.1) is 10.6 Å². The molecule has 0 spiro atoms. The number of hydrogen-bond donors (Lipinski definition) is 1. The first-order valence-corrected chi connectivity index (χ1v) is 8.09. The summed E-state index contributed by atoms with van der Waals surface area (Å²) in [5.41, 5.74) is 0.873. The van der Waals surface area contributed by atoms with Gasteiger partial charge in [0, 0.05) is 22.7 Å². The number of benzene rings is 2. The van der Waals surface area contributed by atoms with E-state index in [9.17, 15) is 19.7 Å². The minimum absolute atomic E-state index is 0.160. The fourth-order valence-electron chi connectivity index (χ4n) is 2.90. The molecule has 24 heavy (non-hydrogen) atoms. The van der Waals surface area contributed by atoms with Crippen molar-refractivity contribution in [1.82, 2.24) is 0 Å². The molecule has 2 aromatic rings. The Kier molecular flexibility index (Phi) is 3.27. The van der Waals surface area contributed by atoms with Gasteiger partial charge in [-0.15, -0.1) is 11.8 Å². The SMILES string of the molecule is O=C1[C@H]2Nc3ccccc3S[C@@H]2C(=O)N1c1cccc([N+](=O)[O-])c1. The van der Waals surface area contributed by atoms with Crippen LogP contribution in [0.5, 0.6) is 0 Å². The topological polar surface area (TPSA) is 92.6 Å². The Morgan fingerprint density at radius 1 is 1.08 bits per heavy atom. The number of carbonyl (C=O) groups is 2. The average Bonchev–Trinajstić information content (AvgIpc) is 2.84. The number of para-hydroxylation sites is 1. The molecule has 2 atom stereocenters. The van der Waals surface area contributed by atoms with Crippen LogP contribution < -0.4 is 10.2 Å². The number of amides is 2. The molecule has 0 bridgehead atoms. The molecule has 0 aliphatic carbocycles. The number of nitro benzene ring substituents is 1. The highest BCUT2D eigenvalue weighted by Crippen LogP contribution is 2.42. The maximum atomic E-state index is 12.7. The third kappa shape index (κ3) is 2.15. The van der Waals surface area contributed by atoms with E-state index in [0.29, 0.717) is 0 Å². The summed E-state index contributed by atoms with van der Waals surface area (Å²) in [5.74, 6) is -0.759. The van der Waals surface area contributed by atoms with E-state index in [-0.39, 0.29) is 17.3 Å². The van der Waals surface area contributed by atoms with Crippen LogP contribution in [0.3, 0.4) is 0 Å². The average molecular weight is 341 g/mol. The lowest BCUT2D eigenvalue weighted by atomic mass is 10.2. The quantitative estimate of drug-likeness (QED) is 0.512. The number of rotatable bonds is 2. The number of non-ortho nitro benzene ring substituents is 1. The third-order valence-corrected chi connectivity index (χ3v) is 5.34. The van der Waals surface area contributed by atoms with Gasteiger partial charge in [0.25, 0.3) is 11.6 Å². The van der Waals surface area contributed by atoms with Crippen LogP contribution in [0, 0.1) is 10.1 Å². The Labute approximate surface area is 140 Å². The lowest BCUT2D eigenvalue weighted by Crippen LogP contribution is -2.37. The standard InChI is InChI=1S/C16H11N3O4S/c20-15-13-14(24-12-7-2-1-6-11(12)17-13)16(21)18(15)9-4-3-5-10(8-9)19(22)23/h1-8,13-14,17H/t13-,14-/m0/s1. The first-order chi connectivity index (χ1) is 11.6. The summed E-state index contributed by atoms with van der Waals surface area (Å²) in [6, 6.07) is 12.3. The molecule has 0 unspecified atom stereocenters. The van der Waals surface area contributed by atoms with Crippen LogP contribution in [0.25, 0.3) is 0 Å². The summed E-state index contributed by atoms with van der Waals surface area (Å²) in [6.07, 6.45) is 0. The number of nitrogens with zero attached hydrogens (tertiary/aromatic N) is 2. The highest BCUT2D eigenvalue weighted by molar-refractivity contribution is 8.01. The van der Waals surface area contributed by atoms with Gasteiger partial charge in [0.15, 0.2) is 0 Å². The van der Waals surface area contributed by atoms with Crippen LogP contribution in [-0.2, 0) is 9.59 Å². The zero-order valence-corrected chi connectivity index (χ0v) is 13.0. The molecule has 2 aliphatic rings. The number of nitrogens with one attached hydrogen (secondary N) is 1. The minimum atomic E-state index is -0.670. The highest BCUT2D eigenvalue weighted by atomic mass is 32.2. The summed E-state index contributed by atoms with van der Waals surface area (Å²) < 4.78 is 0. The summed E-state index contributed by atoms with van der Waals surface area (Å²) in [6.45, 7) is 0. The molecule has 4 rings (SSSR count). The predicted octanol–water partition coefficient (Wildman–Crippen LogP) is 2.42. The van der Waals surface area contributed by atoms with E-state index in [4.69, 9.17) is 0 Å². The Morgan fingerprint density at radius 2 is 1.88 bits per heavy atom. The Hall–Kier alpha value is -2.87. The Balaban J connectivity index is 1.71. The molecule has 7 nitrogen and oxygen atoms in total. The molecule has 1 fully saturated rings. The number of thioether (sulfide) groups is 1. The van der Waals surface area contributed by atoms with Crippen molar-refractivity contribution >= 4 is 40.6 Å². The molecule has 2 aliphatic heterocycles. The van der Waals surface area contributed by atoms with E-state index in [2.05, 4.69) is 5.32 Å². The fraction of sp³-hybridized carbons (Fsp3) is 0.125. The predicted molar refractivity (Wildman–Crippen MR) is 89.1 cm³/mol. The van der Waals surface area contributed by atoms with E-state index < -0.39 is 22.1 Å². The van der Waals surface area contributed by atoms with Crippen LogP contribution in [-0.4, -0.2) is 28.0 Å². The van der Waals surface area contributed by atoms with E-state index >= 15 is 0 Å². The number of anilines is 2. The van der Waals surface area contributed by atoms with Crippen LogP contribution in [0.15, 0.2) is 53.4 Å². The molecule has 1 saturated heterocycles. The van der Waals surface area contributed by atoms with Crippen LogP contribution in [0.4, 0.5) is 17.1 Å². The van der Waals surface area contributed by atoms with Crippen LogP contribution >= 0.6 is 11.8 Å². The van der Waals surface area contributed by atoms with Crippen molar-refractivity contribution in [1.29, 1.82) is 0 Å². The number of carbonyl (C=O) groups excluding carboxylic acids is 2. The van der Waals surface area contributed by atoms with Crippen molar-refractivity contribution in [3.05, 3.63) is 58.6 Å². The van der Waals surface area contributed by atoms with Crippen molar-refractivity contribution in [2.75, 3.05) is 10.2 Å². The van der Waals surface area contributed by atoms with E-state index in [1.807, 2.05) is 24.3 Å². The molecular formula is C16H11N3O4S. The summed E-state index contributed by atoms with van der Waals surface area (Å²) in [5, 5.41) is 13.5. The smallest absolute Gasteiger partial charge is 0.271 e. The van der Waals surface area contributed by atoms with Gasteiger partial charge in [-0.3, -0.25) is 19.7 Å². The molecular weight excluding hydrogens is 330 g/mol. The summed E-state index contributed by atoms with van der Waals surface area (Å²) >= 11 is 1.34. The van der Waals surface area contributed by atoms with Crippen molar-refractivity contribution < 1.29 is 14.5 Å². The second-order valence-electron chi connectivity index (χ2n) is 5.45. The van der Waals surface area contributed by atoms with Crippen molar-refractivity contribution in [2.24, 2.45) is 0 Å². The van der Waals surface area contributed by atoms with Gasteiger partial charge in [-0.1, -0.05) is 18.2 Å². The van der Waals surface area contributed by atoms with Gasteiger partial charge in [-0.2, -0.15) is 0 Å². The largest absolute Gasteiger partial charge is 0.371 e. The number of hydrogen-bond acceptors (Lipinski definition) is 6. The molecule has 0 saturated carbocycles. The maximum Gasteiger partial charge on any atom is 0.271 e. The monoisotopic (exact) mass is 341 g/mol. The van der Waals surface area contributed by atoms with E-state index in [1.54, 1.807) is 0 Å². The van der Waals surface area contributed by atoms with Gasteiger partial charge in [-0.05, 0) is 18.2 Å². The van der Waals surface area contributed by atoms with Gasteiger partial charge < -0.3 is 5.32 Å². The summed E-state index contributed by atoms with van der Waals surface area (Å²) in [4.78, 5) is 37.7. The lowest BCUT2D eigenvalue weighted by molar-refractivity contribution is -0.384. The second kappa shape index (κ2) is 5.34. The maximum absolute atomic E-state index is 12.7. The lowest BCUT2D eigenvalue weighted by Gasteiger charge is -2.25. The minimum Gasteiger partial charge on any atom is -0.371 e. The number of nitro groups is 1. The molecule has 2 amide bonds. The highest BCUT2D eigenvalue weighted by Gasteiger charge is 2.51. The molecule has 8 heteroatoms. The van der Waals surface area contributed by atoms with Crippen molar-refractivity contribution in [3.8, 4) is 0 Å². The zero-order chi connectivity index (χ0) is 16.8. The first-order valence-electron chi connectivity index (χ1n) is 7.21. The van der Waals surface area contributed by atoms with Crippen LogP contribution in [0.2, 0.25) is 0 Å². The number of imide groups is 1. The second-order valence-corrected chi connectivity index (χ2v) is 6.63. The van der Waals surface area contributed by atoms with Gasteiger partial charge in [-0.25, -0.2) is 4.90 Å². The first kappa shape index (κ1) is 14.7. The normalized spacial score (nSPS) is 21.9. The third-order valence-electron chi connectivity index (χ3n) is 4.00. The fourth-order valence-corrected chi connectivity index (χ4v) is 4.11. The molecule has 0 radical (unpaired) electrons. The molecule has 2 heterocycles. The Bertz CT molecular complexity index is 842. The van der Waals surface area contributed by atoms with Crippen molar-refractivity contribution in [2.45, 2.75) is 16.2 Å². The van der Waals surface area contributed by atoms with Crippen molar-refractivity contribution in [3.63, 3.8) is 0 Å². The van der Waals surface area contributed by atoms with Gasteiger partial charge in [0.1, 0.15) is 11.3 Å². The molecule has 1 N–H and O–H groups in total. The summed E-state index contributed by atoms with van der Waals surface area (Å²) in [7, 11) is 0. The van der Waals surface area contributed by atoms with Crippen LogP contribution in [0.1, 0.15) is 0 Å². The molecule has 120 valence electrons. The number of fused-ring (bicyclic) bond motifs is 2. The zero-order valence-electron chi connectivity index (χ0n) is 12.2. The van der Waals surface area contributed by atoms with Gasteiger partial charge in [0.2, 0.25) is 5.91 Å². The van der Waals surface area contributed by atoms with E-state index in [1.165, 1.54) is 36.0 Å². The van der Waals surface area contributed by atoms with Gasteiger partial charge >= 0.3 is 0 Å². The van der Waals surface area contributed by atoms with E-state index in [0.717, 1.165) is 15.5 Å². The Morgan fingerprint density at radius 3 is 2.67 bits per heavy atom. The molecule has 2 aromatic carbocycles.